The van der Waals surface area contributed by atoms with E-state index < -0.39 is 10.4 Å². The van der Waals surface area contributed by atoms with Crippen molar-refractivity contribution >= 4 is 10.4 Å². The maximum atomic E-state index is 8.52. The van der Waals surface area contributed by atoms with Gasteiger partial charge in [0.15, 0.2) is 0 Å². The summed E-state index contributed by atoms with van der Waals surface area (Å²) in [6.45, 7) is 0. The summed E-state index contributed by atoms with van der Waals surface area (Å²) < 4.78 is 34.1. The van der Waals surface area contributed by atoms with Crippen LogP contribution in [-0.2, 0) is 44.5 Å². The van der Waals surface area contributed by atoms with Crippen molar-refractivity contribution in [3.8, 4) is 0 Å². The van der Waals surface area contributed by atoms with Crippen LogP contribution in [0.3, 0.4) is 0 Å². The maximum absolute atomic E-state index is 8.52. The zero-order valence-corrected chi connectivity index (χ0v) is 9.93. The molecule has 15 heteroatoms. The Morgan fingerprint density at radius 3 is 0.600 bits per heavy atom. The molecule has 0 saturated carbocycles. The van der Waals surface area contributed by atoms with Crippen LogP contribution in [0.15, 0.2) is 0 Å². The number of hydrogen-bond acceptors (Lipinski definition) is 4. The smallest absolute Gasteiger partial charge is 0.759 e. The molecule has 15 heavy (non-hydrogen) atoms. The zero-order valence-electron chi connectivity index (χ0n) is 6.90. The van der Waals surface area contributed by atoms with Gasteiger partial charge < -0.3 is 54.3 Å². The van der Waals surface area contributed by atoms with Crippen molar-refractivity contribution in [1.29, 1.82) is 0 Å². The fourth-order valence-electron chi connectivity index (χ4n) is 0. The summed E-state index contributed by atoms with van der Waals surface area (Å²) in [7, 11) is -5.17. The minimum Gasteiger partial charge on any atom is -0.759 e. The van der Waals surface area contributed by atoms with Gasteiger partial charge in [-0.15, -0.1) is 0 Å². The van der Waals surface area contributed by atoms with E-state index in [1.54, 1.807) is 0 Å². The average Bonchev–Trinajstić information content (AvgIpc) is 0.722. The number of hydrogen-bond donors (Lipinski definition) is 0. The molecule has 0 radical (unpaired) electrons. The van der Waals surface area contributed by atoms with Gasteiger partial charge in [-0.3, -0.25) is 8.42 Å². The van der Waals surface area contributed by atoms with Crippen LogP contribution >= 0.6 is 0 Å². The molecule has 0 atom stereocenters. The second kappa shape index (κ2) is 62.1. The van der Waals surface area contributed by atoms with Crippen molar-refractivity contribution in [2.45, 2.75) is 0 Å². The summed E-state index contributed by atoms with van der Waals surface area (Å²) in [5.41, 5.74) is 0. The molecular formula is H16Fe2N2O10S. The molecule has 0 rings (SSSR count). The Morgan fingerprint density at radius 1 is 0.600 bits per heavy atom. The van der Waals surface area contributed by atoms with E-state index >= 15 is 0 Å². The third-order valence-corrected chi connectivity index (χ3v) is 0. The molecule has 0 saturated heterocycles. The maximum Gasteiger partial charge on any atom is 2.00 e. The van der Waals surface area contributed by atoms with E-state index in [4.69, 9.17) is 17.5 Å². The normalized spacial score (nSPS) is 3.87. The number of rotatable bonds is 0. The Hall–Kier alpha value is 0.589. The first kappa shape index (κ1) is 158. The third-order valence-electron chi connectivity index (χ3n) is 0. The van der Waals surface area contributed by atoms with Crippen molar-refractivity contribution in [2.75, 3.05) is 0 Å². The van der Waals surface area contributed by atoms with Crippen LogP contribution in [0.2, 0.25) is 0 Å². The minimum absolute atomic E-state index is 0. The van der Waals surface area contributed by atoms with Gasteiger partial charge in [0.2, 0.25) is 0 Å². The fraction of sp³-hybridized carbons (Fsp3) is 0. The van der Waals surface area contributed by atoms with Crippen LogP contribution in [0.4, 0.5) is 0 Å². The van der Waals surface area contributed by atoms with Gasteiger partial charge in [0.1, 0.15) is 0 Å². The summed E-state index contributed by atoms with van der Waals surface area (Å²) in [4.78, 5) is 0. The van der Waals surface area contributed by atoms with Crippen LogP contribution < -0.4 is 0 Å². The van der Waals surface area contributed by atoms with E-state index in [0.717, 1.165) is 0 Å². The Balaban J connectivity index is -0.00000000178. The molecule has 16 N–H and O–H groups in total. The van der Waals surface area contributed by atoms with Gasteiger partial charge in [-0.2, -0.15) is 0 Å². The molecule has 0 fully saturated rings. The van der Waals surface area contributed by atoms with Gasteiger partial charge in [-0.05, 0) is 0 Å². The molecule has 0 bridgehead atoms. The summed E-state index contributed by atoms with van der Waals surface area (Å²) in [5, 5.41) is 0. The largest absolute Gasteiger partial charge is 2.00 e. The molecule has 108 valence electrons. The fourth-order valence-corrected chi connectivity index (χ4v) is 0. The molecule has 0 aliphatic rings. The predicted molar refractivity (Wildman–Crippen MR) is 42.7 cm³/mol. The standard InChI is InChI=1S/2Fe.2H2N.H2O4S.6H2O/c;;;;1-5(2,3)4;;;;;;/h;;2*1H2;(H2,1,2,3,4);6*1H2/q2*+2;2*-1;;;;;;;/p-2. The molecule has 0 spiro atoms. The summed E-state index contributed by atoms with van der Waals surface area (Å²) in [6, 6.07) is 0. The van der Waals surface area contributed by atoms with Crippen LogP contribution in [-0.4, -0.2) is 50.4 Å². The quantitative estimate of drug-likeness (QED) is 0.236. The molecule has 0 amide bonds. The second-order valence-electron chi connectivity index (χ2n) is 0.408. The Bertz CT molecular complexity index is 105. The average molecular weight is 348 g/mol. The van der Waals surface area contributed by atoms with Crippen LogP contribution in [0.1, 0.15) is 0 Å². The SMILES string of the molecule is O.O.O.O.O.O.O=S(=O)([O-])[O-].[Fe+2].[Fe+2].[NH2-].[NH2-]. The van der Waals surface area contributed by atoms with E-state index in [-0.39, 0.29) is 79.3 Å². The molecule has 0 heterocycles. The van der Waals surface area contributed by atoms with Gasteiger partial charge in [-0.1, -0.05) is 0 Å². The van der Waals surface area contributed by atoms with Crippen molar-refractivity contribution < 1.29 is 84.5 Å². The molecule has 0 aromatic carbocycles. The van der Waals surface area contributed by atoms with Crippen LogP contribution in [0, 0.1) is 0 Å². The van der Waals surface area contributed by atoms with E-state index in [1.165, 1.54) is 0 Å². The summed E-state index contributed by atoms with van der Waals surface area (Å²) in [5.74, 6) is 0. The van der Waals surface area contributed by atoms with Gasteiger partial charge >= 0.3 is 34.1 Å². The van der Waals surface area contributed by atoms with E-state index in [2.05, 4.69) is 0 Å². The predicted octanol–water partition coefficient (Wildman–Crippen LogP) is -4.86. The van der Waals surface area contributed by atoms with E-state index in [0.29, 0.717) is 0 Å². The van der Waals surface area contributed by atoms with Crippen LogP contribution in [0.5, 0.6) is 0 Å². The first-order chi connectivity index (χ1) is 2.00. The minimum atomic E-state index is -5.17. The second-order valence-corrected chi connectivity index (χ2v) is 1.22. The van der Waals surface area contributed by atoms with Gasteiger partial charge in [-0.25, -0.2) is 0 Å². The monoisotopic (exact) mass is 348 g/mol. The molecule has 0 aromatic rings. The molecule has 0 unspecified atom stereocenters. The number of nitrogens with two attached hydrogens (primary N) is 2. The van der Waals surface area contributed by atoms with Gasteiger partial charge in [0.25, 0.3) is 0 Å². The van der Waals surface area contributed by atoms with Crippen molar-refractivity contribution in [1.82, 2.24) is 0 Å². The van der Waals surface area contributed by atoms with Crippen molar-refractivity contribution in [3.05, 3.63) is 12.3 Å². The molecule has 0 aliphatic heterocycles. The molecule has 12 nitrogen and oxygen atoms in total. The van der Waals surface area contributed by atoms with E-state index in [9.17, 15) is 0 Å². The first-order valence-corrected chi connectivity index (χ1v) is 2.00. The zero-order chi connectivity index (χ0) is 4.50. The first-order valence-electron chi connectivity index (χ1n) is 0.667. The van der Waals surface area contributed by atoms with Crippen LogP contribution in [0.25, 0.3) is 12.3 Å². The van der Waals surface area contributed by atoms with Gasteiger partial charge in [0, 0.05) is 10.4 Å². The van der Waals surface area contributed by atoms with Gasteiger partial charge in [0.05, 0.1) is 0 Å². The van der Waals surface area contributed by atoms with E-state index in [1.807, 2.05) is 0 Å². The molecule has 0 aromatic heterocycles. The third kappa shape index (κ3) is 6670. The summed E-state index contributed by atoms with van der Waals surface area (Å²) >= 11 is 0. The molecule has 0 aliphatic carbocycles. The van der Waals surface area contributed by atoms with Crippen molar-refractivity contribution in [3.63, 3.8) is 0 Å². The molecular weight excluding hydrogens is 332 g/mol. The van der Waals surface area contributed by atoms with Crippen molar-refractivity contribution in [2.24, 2.45) is 0 Å². The summed E-state index contributed by atoms with van der Waals surface area (Å²) in [6.07, 6.45) is 0. The Labute approximate surface area is 107 Å². The topological polar surface area (TPSA) is 336 Å². The Kier molecular flexibility index (Phi) is 652. The Morgan fingerprint density at radius 2 is 0.600 bits per heavy atom.